The molecule has 0 saturated heterocycles. The smallest absolute Gasteiger partial charge is 0.160 e. The van der Waals surface area contributed by atoms with Gasteiger partial charge in [-0.3, -0.25) is 4.98 Å². The van der Waals surface area contributed by atoms with Crippen LogP contribution in [0.25, 0.3) is 106 Å². The van der Waals surface area contributed by atoms with Gasteiger partial charge in [-0.25, -0.2) is 9.97 Å². The van der Waals surface area contributed by atoms with Crippen molar-refractivity contribution in [3.8, 4) is 78.4 Å². The van der Waals surface area contributed by atoms with Crippen molar-refractivity contribution >= 4 is 27.5 Å². The molecule has 276 valence electrons. The van der Waals surface area contributed by atoms with Gasteiger partial charge in [0.1, 0.15) is 0 Å². The van der Waals surface area contributed by atoms with E-state index in [4.69, 9.17) is 15.0 Å². The molecule has 3 heterocycles. The molecule has 0 spiro atoms. The van der Waals surface area contributed by atoms with Crippen molar-refractivity contribution in [1.29, 1.82) is 0 Å². The summed E-state index contributed by atoms with van der Waals surface area (Å²) in [6, 6.07) is 74.8. The van der Waals surface area contributed by atoms with Crippen LogP contribution in [0.15, 0.2) is 219 Å². The fourth-order valence-corrected chi connectivity index (χ4v) is 8.35. The topological polar surface area (TPSA) is 43.1 Å². The van der Waals surface area contributed by atoms with Gasteiger partial charge in [0.15, 0.2) is 5.82 Å². The molecule has 4 nitrogen and oxygen atoms in total. The molecule has 0 atom stereocenters. The minimum absolute atomic E-state index is 0.685. The molecule has 11 aromatic rings. The zero-order valence-electron chi connectivity index (χ0n) is 32.1. The first-order valence-electron chi connectivity index (χ1n) is 19.9. The van der Waals surface area contributed by atoms with Gasteiger partial charge in [0.25, 0.3) is 0 Å². The standard InChI is InChI=1S/C55H36N4/c1-3-14-37(15-4-1)41-18-11-21-44(32-41)49-35-50(58-55(57-49)46-23-13-20-43(34-46)38-16-5-2-6-17-38)45-22-12-19-42(33-45)39-28-30-40(31-29-39)54-47-24-7-9-26-51(47)59-52-27-10-8-25-48(52)56-36-53(54)59/h1-36H. The zero-order valence-corrected chi connectivity index (χ0v) is 32.1. The molecule has 0 bridgehead atoms. The Balaban J connectivity index is 1.00. The highest BCUT2D eigenvalue weighted by Gasteiger charge is 2.17. The number of fused-ring (bicyclic) bond motifs is 5. The molecule has 0 aliphatic heterocycles. The number of aromatic nitrogens is 4. The lowest BCUT2D eigenvalue weighted by atomic mass is 9.97. The predicted molar refractivity (Wildman–Crippen MR) is 244 cm³/mol. The molecule has 11 rings (SSSR count). The number of rotatable bonds is 7. The predicted octanol–water partition coefficient (Wildman–Crippen LogP) is 14.1. The first-order chi connectivity index (χ1) is 29.2. The Labute approximate surface area is 342 Å². The molecule has 0 radical (unpaired) electrons. The molecule has 0 N–H and O–H groups in total. The second kappa shape index (κ2) is 14.5. The fraction of sp³-hybridized carbons (Fsp3) is 0. The van der Waals surface area contributed by atoms with E-state index in [0.29, 0.717) is 5.82 Å². The van der Waals surface area contributed by atoms with E-state index in [1.807, 2.05) is 24.4 Å². The van der Waals surface area contributed by atoms with E-state index in [-0.39, 0.29) is 0 Å². The minimum atomic E-state index is 0.685. The van der Waals surface area contributed by atoms with Crippen molar-refractivity contribution in [3.05, 3.63) is 219 Å². The summed E-state index contributed by atoms with van der Waals surface area (Å²) in [5, 5.41) is 1.21. The maximum Gasteiger partial charge on any atom is 0.160 e. The van der Waals surface area contributed by atoms with Crippen molar-refractivity contribution < 1.29 is 0 Å². The third-order valence-corrected chi connectivity index (χ3v) is 11.2. The van der Waals surface area contributed by atoms with Crippen LogP contribution in [0, 0.1) is 0 Å². The van der Waals surface area contributed by atoms with Crippen LogP contribution in [0.4, 0.5) is 0 Å². The number of nitrogens with zero attached hydrogens (tertiary/aromatic N) is 4. The molecular formula is C55H36N4. The number of hydrogen-bond acceptors (Lipinski definition) is 3. The van der Waals surface area contributed by atoms with Crippen LogP contribution < -0.4 is 0 Å². The highest BCUT2D eigenvalue weighted by Crippen LogP contribution is 2.39. The summed E-state index contributed by atoms with van der Waals surface area (Å²) < 4.78 is 2.34. The third-order valence-electron chi connectivity index (χ3n) is 11.2. The third kappa shape index (κ3) is 6.34. The molecule has 0 aliphatic carbocycles. The van der Waals surface area contributed by atoms with E-state index in [2.05, 4.69) is 199 Å². The average Bonchev–Trinajstić information content (AvgIpc) is 3.67. The van der Waals surface area contributed by atoms with Crippen molar-refractivity contribution in [3.63, 3.8) is 0 Å². The van der Waals surface area contributed by atoms with Gasteiger partial charge in [-0.1, -0.05) is 170 Å². The molecule has 0 amide bonds. The Morgan fingerprint density at radius 2 is 0.763 bits per heavy atom. The Morgan fingerprint density at radius 1 is 0.305 bits per heavy atom. The Bertz CT molecular complexity index is 3210. The summed E-state index contributed by atoms with van der Waals surface area (Å²) in [4.78, 5) is 15.3. The molecule has 8 aromatic carbocycles. The summed E-state index contributed by atoms with van der Waals surface area (Å²) in [5.74, 6) is 0.685. The van der Waals surface area contributed by atoms with Crippen LogP contribution >= 0.6 is 0 Å². The van der Waals surface area contributed by atoms with E-state index in [1.165, 1.54) is 22.0 Å². The van der Waals surface area contributed by atoms with Crippen LogP contribution in [0.5, 0.6) is 0 Å². The Morgan fingerprint density at radius 3 is 1.39 bits per heavy atom. The number of benzene rings is 8. The Kier molecular flexibility index (Phi) is 8.45. The van der Waals surface area contributed by atoms with Crippen LogP contribution in [0.1, 0.15) is 0 Å². The molecule has 3 aromatic heterocycles. The largest absolute Gasteiger partial charge is 0.306 e. The quantitative estimate of drug-likeness (QED) is 0.163. The van der Waals surface area contributed by atoms with Gasteiger partial charge in [0.05, 0.1) is 39.7 Å². The first kappa shape index (κ1) is 34.3. The zero-order chi connectivity index (χ0) is 39.1. The molecule has 0 saturated carbocycles. The monoisotopic (exact) mass is 752 g/mol. The highest BCUT2D eigenvalue weighted by molar-refractivity contribution is 6.08. The van der Waals surface area contributed by atoms with Gasteiger partial charge in [-0.05, 0) is 81.4 Å². The summed E-state index contributed by atoms with van der Waals surface area (Å²) in [7, 11) is 0. The maximum absolute atomic E-state index is 5.26. The van der Waals surface area contributed by atoms with Gasteiger partial charge < -0.3 is 4.40 Å². The van der Waals surface area contributed by atoms with Crippen molar-refractivity contribution in [1.82, 2.24) is 19.4 Å². The van der Waals surface area contributed by atoms with E-state index in [0.717, 1.165) is 78.0 Å². The van der Waals surface area contributed by atoms with Gasteiger partial charge in [0, 0.05) is 27.6 Å². The van der Waals surface area contributed by atoms with Gasteiger partial charge in [-0.2, -0.15) is 0 Å². The molecule has 0 unspecified atom stereocenters. The van der Waals surface area contributed by atoms with Crippen molar-refractivity contribution in [2.45, 2.75) is 0 Å². The number of hydrogen-bond donors (Lipinski definition) is 0. The van der Waals surface area contributed by atoms with Crippen molar-refractivity contribution in [2.75, 3.05) is 0 Å². The molecule has 59 heavy (non-hydrogen) atoms. The summed E-state index contributed by atoms with van der Waals surface area (Å²) in [6.45, 7) is 0. The average molecular weight is 753 g/mol. The fourth-order valence-electron chi connectivity index (χ4n) is 8.35. The normalized spacial score (nSPS) is 11.4. The molecule has 4 heteroatoms. The molecular weight excluding hydrogens is 717 g/mol. The van der Waals surface area contributed by atoms with Crippen LogP contribution in [-0.4, -0.2) is 19.4 Å². The first-order valence-corrected chi connectivity index (χ1v) is 19.9. The van der Waals surface area contributed by atoms with E-state index >= 15 is 0 Å². The van der Waals surface area contributed by atoms with E-state index in [9.17, 15) is 0 Å². The SMILES string of the molecule is c1ccc(-c2cccc(-c3cc(-c4cccc(-c5ccc(-c6c7ccccc7n7c6cnc6ccccc67)cc5)c4)nc(-c4cccc(-c5ccccc5)c4)n3)c2)cc1. The summed E-state index contributed by atoms with van der Waals surface area (Å²) >= 11 is 0. The van der Waals surface area contributed by atoms with Crippen molar-refractivity contribution in [2.24, 2.45) is 0 Å². The van der Waals surface area contributed by atoms with E-state index in [1.54, 1.807) is 0 Å². The summed E-state index contributed by atoms with van der Waals surface area (Å²) in [5.41, 5.74) is 18.3. The van der Waals surface area contributed by atoms with Crippen LogP contribution in [0.2, 0.25) is 0 Å². The van der Waals surface area contributed by atoms with Gasteiger partial charge in [0.2, 0.25) is 0 Å². The lowest BCUT2D eigenvalue weighted by molar-refractivity contribution is 1.18. The summed E-state index contributed by atoms with van der Waals surface area (Å²) in [6.07, 6.45) is 2.01. The second-order valence-corrected chi connectivity index (χ2v) is 14.9. The van der Waals surface area contributed by atoms with Crippen LogP contribution in [-0.2, 0) is 0 Å². The van der Waals surface area contributed by atoms with Gasteiger partial charge >= 0.3 is 0 Å². The minimum Gasteiger partial charge on any atom is -0.306 e. The highest BCUT2D eigenvalue weighted by atomic mass is 14.9. The lowest BCUT2D eigenvalue weighted by Crippen LogP contribution is -1.96. The lowest BCUT2D eigenvalue weighted by Gasteiger charge is -2.12. The molecule has 0 aliphatic rings. The van der Waals surface area contributed by atoms with Crippen LogP contribution in [0.3, 0.4) is 0 Å². The maximum atomic E-state index is 5.26. The van der Waals surface area contributed by atoms with E-state index < -0.39 is 0 Å². The van der Waals surface area contributed by atoms with Gasteiger partial charge in [-0.15, -0.1) is 0 Å². The second-order valence-electron chi connectivity index (χ2n) is 14.9. The molecule has 0 fully saturated rings. The Hall–Kier alpha value is -7.95. The number of para-hydroxylation sites is 3.